The van der Waals surface area contributed by atoms with Crippen molar-refractivity contribution < 1.29 is 4.42 Å². The van der Waals surface area contributed by atoms with Crippen molar-refractivity contribution in [3.8, 4) is 0 Å². The van der Waals surface area contributed by atoms with Crippen LogP contribution in [0.15, 0.2) is 63.5 Å². The fourth-order valence-electron chi connectivity index (χ4n) is 2.58. The van der Waals surface area contributed by atoms with Crippen LogP contribution in [0.5, 0.6) is 0 Å². The molecular formula is C18H18BrNO. The van der Waals surface area contributed by atoms with E-state index in [-0.39, 0.29) is 6.04 Å². The molecule has 2 aromatic carbocycles. The first kappa shape index (κ1) is 14.4. The van der Waals surface area contributed by atoms with Crippen molar-refractivity contribution in [2.24, 2.45) is 0 Å². The van der Waals surface area contributed by atoms with Crippen LogP contribution in [0.4, 0.5) is 0 Å². The van der Waals surface area contributed by atoms with Crippen molar-refractivity contribution in [2.75, 3.05) is 6.54 Å². The van der Waals surface area contributed by atoms with E-state index in [1.807, 2.05) is 24.3 Å². The molecule has 3 aromatic rings. The van der Waals surface area contributed by atoms with Crippen LogP contribution in [0.3, 0.4) is 0 Å². The molecule has 0 saturated carbocycles. The van der Waals surface area contributed by atoms with Crippen LogP contribution in [-0.2, 0) is 6.42 Å². The summed E-state index contributed by atoms with van der Waals surface area (Å²) in [5.41, 5.74) is 2.23. The highest BCUT2D eigenvalue weighted by Gasteiger charge is 2.17. The monoisotopic (exact) mass is 343 g/mol. The van der Waals surface area contributed by atoms with Gasteiger partial charge in [-0.1, -0.05) is 59.3 Å². The number of nitrogens with one attached hydrogen (secondary N) is 1. The minimum atomic E-state index is 0.182. The van der Waals surface area contributed by atoms with E-state index >= 15 is 0 Å². The van der Waals surface area contributed by atoms with Gasteiger partial charge in [-0.25, -0.2) is 0 Å². The second-order valence-corrected chi connectivity index (χ2v) is 5.95. The molecule has 1 unspecified atom stereocenters. The summed E-state index contributed by atoms with van der Waals surface area (Å²) in [4.78, 5) is 0. The number of likely N-dealkylation sites (N-methyl/N-ethyl adjacent to an activating group) is 1. The number of hydrogen-bond donors (Lipinski definition) is 1. The summed E-state index contributed by atoms with van der Waals surface area (Å²) in [5, 5.41) is 4.68. The van der Waals surface area contributed by atoms with E-state index in [0.717, 1.165) is 34.2 Å². The van der Waals surface area contributed by atoms with Crippen molar-refractivity contribution in [3.63, 3.8) is 0 Å². The second kappa shape index (κ2) is 6.46. The minimum absolute atomic E-state index is 0.182. The average Bonchev–Trinajstić information content (AvgIpc) is 2.93. The summed E-state index contributed by atoms with van der Waals surface area (Å²) < 4.78 is 7.16. The Balaban J connectivity index is 1.92. The van der Waals surface area contributed by atoms with Gasteiger partial charge in [0, 0.05) is 9.86 Å². The Morgan fingerprint density at radius 1 is 1.10 bits per heavy atom. The average molecular weight is 344 g/mol. The van der Waals surface area contributed by atoms with Gasteiger partial charge >= 0.3 is 0 Å². The highest BCUT2D eigenvalue weighted by Crippen LogP contribution is 2.28. The number of hydrogen-bond acceptors (Lipinski definition) is 2. The molecule has 0 saturated heterocycles. The van der Waals surface area contributed by atoms with Crippen molar-refractivity contribution in [1.29, 1.82) is 0 Å². The molecule has 1 atom stereocenters. The van der Waals surface area contributed by atoms with Gasteiger partial charge in [-0.15, -0.1) is 0 Å². The number of halogens is 1. The summed E-state index contributed by atoms with van der Waals surface area (Å²) >= 11 is 3.62. The van der Waals surface area contributed by atoms with Crippen LogP contribution in [0.2, 0.25) is 0 Å². The van der Waals surface area contributed by atoms with Crippen molar-refractivity contribution in [1.82, 2.24) is 5.32 Å². The van der Waals surface area contributed by atoms with Gasteiger partial charge in [0.25, 0.3) is 0 Å². The number of rotatable bonds is 5. The SMILES string of the molecule is CCNC(Cc1ccccc1Br)c1cc2ccccc2o1. The van der Waals surface area contributed by atoms with Crippen molar-refractivity contribution in [3.05, 3.63) is 70.4 Å². The third-order valence-electron chi connectivity index (χ3n) is 3.62. The summed E-state index contributed by atoms with van der Waals surface area (Å²) in [6.45, 7) is 3.03. The highest BCUT2D eigenvalue weighted by atomic mass is 79.9. The maximum atomic E-state index is 6.02. The first-order valence-corrected chi connectivity index (χ1v) is 8.02. The summed E-state index contributed by atoms with van der Waals surface area (Å²) in [7, 11) is 0. The molecule has 1 heterocycles. The number of para-hydroxylation sites is 1. The van der Waals surface area contributed by atoms with Crippen LogP contribution >= 0.6 is 15.9 Å². The maximum absolute atomic E-state index is 6.02. The predicted molar refractivity (Wildman–Crippen MR) is 90.5 cm³/mol. The molecular weight excluding hydrogens is 326 g/mol. The Bertz CT molecular complexity index is 702. The summed E-state index contributed by atoms with van der Waals surface area (Å²) in [6, 6.07) is 18.8. The standard InChI is InChI=1S/C18H18BrNO/c1-2-20-16(11-13-7-3-5-9-15(13)19)18-12-14-8-4-6-10-17(14)21-18/h3-10,12,16,20H,2,11H2,1H3. The van der Waals surface area contributed by atoms with E-state index in [1.54, 1.807) is 0 Å². The minimum Gasteiger partial charge on any atom is -0.459 e. The molecule has 3 rings (SSSR count). The van der Waals surface area contributed by atoms with Gasteiger partial charge < -0.3 is 9.73 Å². The molecule has 0 bridgehead atoms. The smallest absolute Gasteiger partial charge is 0.134 e. The molecule has 1 N–H and O–H groups in total. The van der Waals surface area contributed by atoms with Crippen LogP contribution in [0.1, 0.15) is 24.3 Å². The lowest BCUT2D eigenvalue weighted by Gasteiger charge is -2.16. The Kier molecular flexibility index (Phi) is 4.42. The second-order valence-electron chi connectivity index (χ2n) is 5.09. The van der Waals surface area contributed by atoms with E-state index in [4.69, 9.17) is 4.42 Å². The van der Waals surface area contributed by atoms with Crippen molar-refractivity contribution >= 4 is 26.9 Å². The lowest BCUT2D eigenvalue weighted by molar-refractivity contribution is 0.434. The summed E-state index contributed by atoms with van der Waals surface area (Å²) in [6.07, 6.45) is 0.898. The van der Waals surface area contributed by atoms with Gasteiger partial charge in [-0.2, -0.15) is 0 Å². The molecule has 0 aliphatic heterocycles. The molecule has 0 spiro atoms. The van der Waals surface area contributed by atoms with Crippen LogP contribution < -0.4 is 5.32 Å². The van der Waals surface area contributed by atoms with Gasteiger partial charge in [0.2, 0.25) is 0 Å². The number of fused-ring (bicyclic) bond motifs is 1. The van der Waals surface area contributed by atoms with Gasteiger partial charge in [-0.05, 0) is 36.7 Å². The fraction of sp³-hybridized carbons (Fsp3) is 0.222. The lowest BCUT2D eigenvalue weighted by Crippen LogP contribution is -2.22. The molecule has 0 aliphatic rings. The topological polar surface area (TPSA) is 25.2 Å². The zero-order valence-electron chi connectivity index (χ0n) is 12.0. The largest absolute Gasteiger partial charge is 0.459 e. The Hall–Kier alpha value is -1.58. The summed E-state index contributed by atoms with van der Waals surface area (Å²) in [5.74, 6) is 0.994. The van der Waals surface area contributed by atoms with E-state index in [0.29, 0.717) is 0 Å². The molecule has 0 radical (unpaired) electrons. The highest BCUT2D eigenvalue weighted by molar-refractivity contribution is 9.10. The van der Waals surface area contributed by atoms with Crippen molar-refractivity contribution in [2.45, 2.75) is 19.4 Å². The molecule has 0 amide bonds. The quantitative estimate of drug-likeness (QED) is 0.698. The van der Waals surface area contributed by atoms with E-state index in [2.05, 4.69) is 58.5 Å². The third kappa shape index (κ3) is 3.20. The molecule has 0 fully saturated rings. The van der Waals surface area contributed by atoms with Crippen LogP contribution in [0.25, 0.3) is 11.0 Å². The first-order chi connectivity index (χ1) is 10.3. The van der Waals surface area contributed by atoms with Crippen LogP contribution in [0, 0.1) is 0 Å². The third-order valence-corrected chi connectivity index (χ3v) is 4.39. The Morgan fingerprint density at radius 3 is 2.62 bits per heavy atom. The van der Waals surface area contributed by atoms with Gasteiger partial charge in [0.1, 0.15) is 11.3 Å². The Morgan fingerprint density at radius 2 is 1.86 bits per heavy atom. The molecule has 1 aromatic heterocycles. The Labute approximate surface area is 133 Å². The van der Waals surface area contributed by atoms with Crippen LogP contribution in [-0.4, -0.2) is 6.54 Å². The molecule has 2 nitrogen and oxygen atoms in total. The lowest BCUT2D eigenvalue weighted by atomic mass is 10.0. The van der Waals surface area contributed by atoms with E-state index in [1.165, 1.54) is 5.56 Å². The first-order valence-electron chi connectivity index (χ1n) is 7.23. The van der Waals surface area contributed by atoms with Gasteiger partial charge in [0.15, 0.2) is 0 Å². The molecule has 108 valence electrons. The number of furan rings is 1. The molecule has 3 heteroatoms. The van der Waals surface area contributed by atoms with Gasteiger partial charge in [0.05, 0.1) is 6.04 Å². The van der Waals surface area contributed by atoms with Gasteiger partial charge in [-0.3, -0.25) is 0 Å². The van der Waals surface area contributed by atoms with E-state index < -0.39 is 0 Å². The number of benzene rings is 2. The predicted octanol–water partition coefficient (Wildman–Crippen LogP) is 5.09. The normalized spacial score (nSPS) is 12.7. The zero-order chi connectivity index (χ0) is 14.7. The zero-order valence-corrected chi connectivity index (χ0v) is 13.6. The fourth-order valence-corrected chi connectivity index (χ4v) is 3.02. The maximum Gasteiger partial charge on any atom is 0.134 e. The molecule has 0 aliphatic carbocycles. The van der Waals surface area contributed by atoms with E-state index in [9.17, 15) is 0 Å². The molecule has 21 heavy (non-hydrogen) atoms.